The van der Waals surface area contributed by atoms with Crippen LogP contribution in [0.3, 0.4) is 0 Å². The summed E-state index contributed by atoms with van der Waals surface area (Å²) in [7, 11) is 1.66. The number of hydrogen-bond donors (Lipinski definition) is 1. The summed E-state index contributed by atoms with van der Waals surface area (Å²) in [4.78, 5) is 12.6. The maximum absolute atomic E-state index is 13.7. The predicted molar refractivity (Wildman–Crippen MR) is 138 cm³/mol. The van der Waals surface area contributed by atoms with Gasteiger partial charge in [0.05, 0.1) is 44.6 Å². The lowest BCUT2D eigenvalue weighted by Crippen LogP contribution is -2.49. The van der Waals surface area contributed by atoms with Crippen molar-refractivity contribution in [1.82, 2.24) is 14.5 Å². The molecule has 1 aromatic heterocycles. The number of benzene rings is 2. The summed E-state index contributed by atoms with van der Waals surface area (Å²) < 4.78 is 26.9. The van der Waals surface area contributed by atoms with Crippen LogP contribution in [0, 0.1) is 12.7 Å². The molecule has 0 radical (unpaired) electrons. The van der Waals surface area contributed by atoms with Gasteiger partial charge in [0.2, 0.25) is 5.72 Å². The van der Waals surface area contributed by atoms with Crippen molar-refractivity contribution < 1.29 is 23.8 Å². The SMILES string of the molecule is COc1cc(C=C2CCCN3C2=NOC3(CCOCCO)c2ccc(F)cc2)ccc1-n1cnc(C)c1. The standard InChI is InChI=1S/C28H31FN4O4/c1-20-18-32(19-30-20)25-10-5-21(17-26(25)35-2)16-22-4-3-12-33-27(22)31-37-28(33,11-14-36-15-13-34)23-6-8-24(29)9-7-23/h5-10,16-19,34H,3-4,11-15H2,1-2H3. The molecule has 2 aliphatic rings. The number of aliphatic hydroxyl groups is 1. The largest absolute Gasteiger partial charge is 0.495 e. The molecule has 3 aromatic rings. The van der Waals surface area contributed by atoms with Crippen molar-refractivity contribution in [2.45, 2.75) is 31.9 Å². The number of halogens is 1. The number of fused-ring (bicyclic) bond motifs is 1. The summed E-state index contributed by atoms with van der Waals surface area (Å²) in [5.74, 6) is 1.20. The average molecular weight is 507 g/mol. The first-order chi connectivity index (χ1) is 18.0. The van der Waals surface area contributed by atoms with Crippen LogP contribution >= 0.6 is 0 Å². The molecule has 9 heteroatoms. The van der Waals surface area contributed by atoms with E-state index in [1.165, 1.54) is 12.1 Å². The second-order valence-electron chi connectivity index (χ2n) is 9.16. The molecule has 8 nitrogen and oxygen atoms in total. The lowest BCUT2D eigenvalue weighted by Gasteiger charge is -2.40. The molecule has 1 fully saturated rings. The van der Waals surface area contributed by atoms with Gasteiger partial charge in [-0.05, 0) is 61.2 Å². The number of aryl methyl sites for hydroxylation is 1. The number of rotatable bonds is 9. The molecule has 5 rings (SSSR count). The van der Waals surface area contributed by atoms with Gasteiger partial charge in [-0.1, -0.05) is 23.4 Å². The van der Waals surface area contributed by atoms with Gasteiger partial charge in [-0.2, -0.15) is 0 Å². The van der Waals surface area contributed by atoms with E-state index in [4.69, 9.17) is 19.4 Å². The van der Waals surface area contributed by atoms with Crippen molar-refractivity contribution in [2.75, 3.05) is 33.5 Å². The fourth-order valence-electron chi connectivity index (χ4n) is 4.96. The highest BCUT2D eigenvalue weighted by atomic mass is 19.1. The fraction of sp³-hybridized carbons (Fsp3) is 0.357. The van der Waals surface area contributed by atoms with Crippen LogP contribution in [0.2, 0.25) is 0 Å². The number of ether oxygens (including phenoxy) is 2. The number of aromatic nitrogens is 2. The zero-order chi connectivity index (χ0) is 25.8. The minimum absolute atomic E-state index is 0.0501. The quantitative estimate of drug-likeness (QED) is 0.433. The third-order valence-electron chi connectivity index (χ3n) is 6.74. The molecule has 1 saturated heterocycles. The topological polar surface area (TPSA) is 81.3 Å². The first-order valence-corrected chi connectivity index (χ1v) is 12.4. The molecule has 0 spiro atoms. The Morgan fingerprint density at radius 1 is 1.19 bits per heavy atom. The molecule has 194 valence electrons. The Labute approximate surface area is 215 Å². The van der Waals surface area contributed by atoms with Gasteiger partial charge in [0, 0.05) is 24.7 Å². The van der Waals surface area contributed by atoms with Crippen molar-refractivity contribution in [1.29, 1.82) is 0 Å². The predicted octanol–water partition coefficient (Wildman–Crippen LogP) is 4.40. The summed E-state index contributed by atoms with van der Waals surface area (Å²) in [6, 6.07) is 12.4. The Hall–Kier alpha value is -3.69. The number of hydrogen-bond acceptors (Lipinski definition) is 7. The maximum atomic E-state index is 13.7. The molecule has 0 amide bonds. The van der Waals surface area contributed by atoms with Crippen molar-refractivity contribution >= 4 is 11.9 Å². The van der Waals surface area contributed by atoms with E-state index in [2.05, 4.69) is 21.1 Å². The summed E-state index contributed by atoms with van der Waals surface area (Å²) in [6.45, 7) is 3.25. The Morgan fingerprint density at radius 3 is 2.76 bits per heavy atom. The molecule has 3 heterocycles. The van der Waals surface area contributed by atoms with Crippen LogP contribution in [0.4, 0.5) is 4.39 Å². The number of nitrogens with zero attached hydrogens (tertiary/aromatic N) is 4. The third kappa shape index (κ3) is 4.97. The van der Waals surface area contributed by atoms with Crippen molar-refractivity contribution in [3.63, 3.8) is 0 Å². The van der Waals surface area contributed by atoms with Crippen LogP contribution in [-0.4, -0.2) is 58.9 Å². The lowest BCUT2D eigenvalue weighted by atomic mass is 9.92. The van der Waals surface area contributed by atoms with E-state index in [9.17, 15) is 4.39 Å². The van der Waals surface area contributed by atoms with Gasteiger partial charge < -0.3 is 28.9 Å². The summed E-state index contributed by atoms with van der Waals surface area (Å²) in [5, 5.41) is 13.6. The highest BCUT2D eigenvalue weighted by molar-refractivity contribution is 6.03. The van der Waals surface area contributed by atoms with Crippen molar-refractivity contribution in [3.8, 4) is 11.4 Å². The molecule has 37 heavy (non-hydrogen) atoms. The van der Waals surface area contributed by atoms with Gasteiger partial charge in [0.15, 0.2) is 5.84 Å². The summed E-state index contributed by atoms with van der Waals surface area (Å²) >= 11 is 0. The Bertz CT molecular complexity index is 1300. The highest BCUT2D eigenvalue weighted by Crippen LogP contribution is 2.43. The number of aliphatic hydroxyl groups excluding tert-OH is 1. The molecule has 0 aliphatic carbocycles. The van der Waals surface area contributed by atoms with Crippen LogP contribution in [-0.2, 0) is 15.3 Å². The normalized spacial score (nSPS) is 20.1. The minimum atomic E-state index is -0.904. The van der Waals surface area contributed by atoms with Gasteiger partial charge in [0.25, 0.3) is 0 Å². The molecule has 2 aliphatic heterocycles. The zero-order valence-electron chi connectivity index (χ0n) is 21.1. The molecular formula is C28H31FN4O4. The molecule has 2 aromatic carbocycles. The number of piperidine rings is 1. The van der Waals surface area contributed by atoms with Crippen LogP contribution in [0.5, 0.6) is 5.75 Å². The number of imidazole rings is 1. The van der Waals surface area contributed by atoms with E-state index in [0.29, 0.717) is 13.0 Å². The second kappa shape index (κ2) is 10.7. The monoisotopic (exact) mass is 506 g/mol. The third-order valence-corrected chi connectivity index (χ3v) is 6.74. The number of methoxy groups -OCH3 is 1. The van der Waals surface area contributed by atoms with Gasteiger partial charge in [-0.25, -0.2) is 9.37 Å². The summed E-state index contributed by atoms with van der Waals surface area (Å²) in [6.07, 6.45) is 8.09. The van der Waals surface area contributed by atoms with E-state index < -0.39 is 5.72 Å². The number of oxime groups is 1. The first kappa shape index (κ1) is 25.0. The van der Waals surface area contributed by atoms with Crippen LogP contribution < -0.4 is 4.74 Å². The Balaban J connectivity index is 1.45. The first-order valence-electron chi connectivity index (χ1n) is 12.4. The minimum Gasteiger partial charge on any atom is -0.495 e. The van der Waals surface area contributed by atoms with Gasteiger partial charge in [-0.3, -0.25) is 0 Å². The van der Waals surface area contributed by atoms with Crippen LogP contribution in [0.25, 0.3) is 11.8 Å². The van der Waals surface area contributed by atoms with Crippen molar-refractivity contribution in [3.05, 3.63) is 83.2 Å². The average Bonchev–Trinajstić information content (AvgIpc) is 3.52. The van der Waals surface area contributed by atoms with E-state index in [1.54, 1.807) is 25.6 Å². The fourth-order valence-corrected chi connectivity index (χ4v) is 4.96. The molecule has 1 N–H and O–H groups in total. The van der Waals surface area contributed by atoms with Gasteiger partial charge in [-0.15, -0.1) is 0 Å². The zero-order valence-corrected chi connectivity index (χ0v) is 21.1. The van der Waals surface area contributed by atoms with Gasteiger partial charge >= 0.3 is 0 Å². The van der Waals surface area contributed by atoms with Crippen LogP contribution in [0.15, 0.2) is 65.7 Å². The lowest BCUT2D eigenvalue weighted by molar-refractivity contribution is -0.124. The Kier molecular flexibility index (Phi) is 7.25. The highest BCUT2D eigenvalue weighted by Gasteiger charge is 2.49. The molecule has 1 atom stereocenters. The maximum Gasteiger partial charge on any atom is 0.239 e. The van der Waals surface area contributed by atoms with E-state index >= 15 is 0 Å². The van der Waals surface area contributed by atoms with Crippen molar-refractivity contribution in [2.24, 2.45) is 5.16 Å². The molecular weight excluding hydrogens is 475 g/mol. The van der Waals surface area contributed by atoms with Crippen LogP contribution in [0.1, 0.15) is 36.1 Å². The molecule has 0 bridgehead atoms. The molecule has 1 unspecified atom stereocenters. The van der Waals surface area contributed by atoms with E-state index in [-0.39, 0.29) is 19.0 Å². The molecule has 0 saturated carbocycles. The summed E-state index contributed by atoms with van der Waals surface area (Å²) in [5.41, 5.74) is 3.79. The van der Waals surface area contributed by atoms with E-state index in [0.717, 1.165) is 59.1 Å². The van der Waals surface area contributed by atoms with Gasteiger partial charge in [0.1, 0.15) is 11.6 Å². The smallest absolute Gasteiger partial charge is 0.239 e. The Morgan fingerprint density at radius 2 is 2.03 bits per heavy atom. The van der Waals surface area contributed by atoms with E-state index in [1.807, 2.05) is 35.9 Å². The number of amidine groups is 1. The second-order valence-corrected chi connectivity index (χ2v) is 9.16.